The molecule has 148 valence electrons. The number of carbonyl (C=O) groups excluding carboxylic acids is 3. The van der Waals surface area contributed by atoms with E-state index >= 15 is 0 Å². The van der Waals surface area contributed by atoms with E-state index in [4.69, 9.17) is 9.47 Å². The van der Waals surface area contributed by atoms with Crippen molar-refractivity contribution in [2.75, 3.05) is 13.2 Å². The molecule has 3 atom stereocenters. The zero-order valence-electron chi connectivity index (χ0n) is 16.3. The highest BCUT2D eigenvalue weighted by Gasteiger charge is 2.33. The third kappa shape index (κ3) is 6.70. The summed E-state index contributed by atoms with van der Waals surface area (Å²) in [7, 11) is 0. The van der Waals surface area contributed by atoms with Gasteiger partial charge in [0.2, 0.25) is 0 Å². The van der Waals surface area contributed by atoms with Gasteiger partial charge in [-0.2, -0.15) is 0 Å². The summed E-state index contributed by atoms with van der Waals surface area (Å²) >= 11 is 0. The monoisotopic (exact) mass is 375 g/mol. The van der Waals surface area contributed by atoms with Crippen molar-refractivity contribution in [2.24, 2.45) is 17.8 Å². The highest BCUT2D eigenvalue weighted by molar-refractivity contribution is 5.95. The molecule has 1 amide bonds. The van der Waals surface area contributed by atoms with Crippen molar-refractivity contribution in [1.82, 2.24) is 5.32 Å². The Balaban J connectivity index is 1.72. The maximum atomic E-state index is 12.1. The quantitative estimate of drug-likeness (QED) is 0.741. The van der Waals surface area contributed by atoms with Crippen LogP contribution in [0.3, 0.4) is 0 Å². The Labute approximate surface area is 160 Å². The number of benzene rings is 1. The SMILES string of the molecule is CC(C)[C@H]1CC[C@@H](C)C[C@@H]1OC(=O)COC(=O)CNC(=O)c1ccccc1. The number of hydrogen-bond donors (Lipinski definition) is 1. The van der Waals surface area contributed by atoms with Gasteiger partial charge in [0, 0.05) is 5.56 Å². The second kappa shape index (κ2) is 10.1. The number of nitrogens with one attached hydrogen (secondary N) is 1. The van der Waals surface area contributed by atoms with Crippen molar-refractivity contribution in [1.29, 1.82) is 0 Å². The fraction of sp³-hybridized carbons (Fsp3) is 0.571. The Morgan fingerprint density at radius 3 is 2.48 bits per heavy atom. The van der Waals surface area contributed by atoms with Crippen molar-refractivity contribution < 1.29 is 23.9 Å². The Morgan fingerprint density at radius 1 is 1.11 bits per heavy atom. The van der Waals surface area contributed by atoms with Crippen LogP contribution in [0.1, 0.15) is 50.4 Å². The first-order valence-electron chi connectivity index (χ1n) is 9.55. The normalized spacial score (nSPS) is 22.1. The molecule has 0 unspecified atom stereocenters. The first-order chi connectivity index (χ1) is 12.9. The minimum Gasteiger partial charge on any atom is -0.460 e. The average molecular weight is 375 g/mol. The number of amides is 1. The molecule has 1 aromatic carbocycles. The molecule has 6 heteroatoms. The van der Waals surface area contributed by atoms with Gasteiger partial charge >= 0.3 is 11.9 Å². The third-order valence-electron chi connectivity index (χ3n) is 5.02. The van der Waals surface area contributed by atoms with Crippen molar-refractivity contribution in [3.8, 4) is 0 Å². The van der Waals surface area contributed by atoms with E-state index in [9.17, 15) is 14.4 Å². The molecule has 1 aromatic rings. The van der Waals surface area contributed by atoms with Gasteiger partial charge < -0.3 is 14.8 Å². The van der Waals surface area contributed by atoms with E-state index in [0.29, 0.717) is 23.3 Å². The first-order valence-corrected chi connectivity index (χ1v) is 9.55. The molecule has 27 heavy (non-hydrogen) atoms. The number of esters is 2. The smallest absolute Gasteiger partial charge is 0.344 e. The molecule has 1 aliphatic carbocycles. The molecule has 2 rings (SSSR count). The third-order valence-corrected chi connectivity index (χ3v) is 5.02. The summed E-state index contributed by atoms with van der Waals surface area (Å²) < 4.78 is 10.5. The van der Waals surface area contributed by atoms with Gasteiger partial charge in [0.25, 0.3) is 5.91 Å². The minimum atomic E-state index is -0.673. The second-order valence-corrected chi connectivity index (χ2v) is 7.56. The molecule has 1 fully saturated rings. The maximum absolute atomic E-state index is 12.1. The fourth-order valence-corrected chi connectivity index (χ4v) is 3.49. The van der Waals surface area contributed by atoms with Gasteiger partial charge in [0.15, 0.2) is 6.61 Å². The first kappa shape index (κ1) is 20.9. The Bertz CT molecular complexity index is 643. The van der Waals surface area contributed by atoms with Gasteiger partial charge in [-0.3, -0.25) is 9.59 Å². The highest BCUT2D eigenvalue weighted by atomic mass is 16.6. The van der Waals surface area contributed by atoms with Crippen LogP contribution in [0.25, 0.3) is 0 Å². The zero-order valence-corrected chi connectivity index (χ0v) is 16.3. The van der Waals surface area contributed by atoms with Crippen LogP contribution in [0.2, 0.25) is 0 Å². The van der Waals surface area contributed by atoms with Gasteiger partial charge in [0.05, 0.1) is 0 Å². The number of carbonyl (C=O) groups is 3. The summed E-state index contributed by atoms with van der Waals surface area (Å²) in [4.78, 5) is 35.7. The summed E-state index contributed by atoms with van der Waals surface area (Å²) in [5.74, 6) is -0.284. The van der Waals surface area contributed by atoms with E-state index in [-0.39, 0.29) is 18.6 Å². The van der Waals surface area contributed by atoms with Gasteiger partial charge in [0.1, 0.15) is 12.6 Å². The summed E-state index contributed by atoms with van der Waals surface area (Å²) in [5, 5.41) is 2.47. The Kier molecular flexibility index (Phi) is 7.82. The Hall–Kier alpha value is -2.37. The van der Waals surface area contributed by atoms with Crippen LogP contribution in [0, 0.1) is 17.8 Å². The Morgan fingerprint density at radius 2 is 1.81 bits per heavy atom. The van der Waals surface area contributed by atoms with Crippen LogP contribution in [-0.2, 0) is 19.1 Å². The molecule has 1 saturated carbocycles. The maximum Gasteiger partial charge on any atom is 0.344 e. The largest absolute Gasteiger partial charge is 0.460 e. The second-order valence-electron chi connectivity index (χ2n) is 7.56. The molecule has 0 aromatic heterocycles. The van der Waals surface area contributed by atoms with Crippen molar-refractivity contribution in [3.63, 3.8) is 0 Å². The van der Waals surface area contributed by atoms with Crippen molar-refractivity contribution >= 4 is 17.8 Å². The van der Waals surface area contributed by atoms with E-state index in [1.807, 2.05) is 0 Å². The van der Waals surface area contributed by atoms with Gasteiger partial charge in [-0.25, -0.2) is 4.79 Å². The lowest BCUT2D eigenvalue weighted by Crippen LogP contribution is -2.37. The molecule has 0 aliphatic heterocycles. The van der Waals surface area contributed by atoms with E-state index in [0.717, 1.165) is 19.3 Å². The van der Waals surface area contributed by atoms with Crippen LogP contribution in [-0.4, -0.2) is 37.1 Å². The molecular weight excluding hydrogens is 346 g/mol. The predicted octanol–water partition coefficient (Wildman–Crippen LogP) is 2.96. The van der Waals surface area contributed by atoms with Crippen LogP contribution in [0.15, 0.2) is 30.3 Å². The van der Waals surface area contributed by atoms with E-state index in [2.05, 4.69) is 26.1 Å². The summed E-state index contributed by atoms with van der Waals surface area (Å²) in [6, 6.07) is 8.57. The topological polar surface area (TPSA) is 81.7 Å². The van der Waals surface area contributed by atoms with E-state index in [1.165, 1.54) is 0 Å². The fourth-order valence-electron chi connectivity index (χ4n) is 3.49. The average Bonchev–Trinajstić information content (AvgIpc) is 2.65. The molecule has 0 saturated heterocycles. The zero-order chi connectivity index (χ0) is 19.8. The minimum absolute atomic E-state index is 0.127. The molecule has 1 aliphatic rings. The molecule has 0 spiro atoms. The van der Waals surface area contributed by atoms with Gasteiger partial charge in [-0.05, 0) is 42.7 Å². The number of ether oxygens (including phenoxy) is 2. The molecular formula is C21H29NO5. The van der Waals surface area contributed by atoms with Gasteiger partial charge in [-0.1, -0.05) is 45.4 Å². The molecule has 6 nitrogen and oxygen atoms in total. The van der Waals surface area contributed by atoms with Crippen molar-refractivity contribution in [2.45, 2.75) is 46.1 Å². The van der Waals surface area contributed by atoms with E-state index in [1.54, 1.807) is 30.3 Å². The molecule has 0 heterocycles. The molecule has 1 N–H and O–H groups in total. The lowest BCUT2D eigenvalue weighted by atomic mass is 9.75. The van der Waals surface area contributed by atoms with Gasteiger partial charge in [-0.15, -0.1) is 0 Å². The van der Waals surface area contributed by atoms with Crippen molar-refractivity contribution in [3.05, 3.63) is 35.9 Å². The number of rotatable bonds is 7. The predicted molar refractivity (Wildman–Crippen MR) is 101 cm³/mol. The molecule has 0 bridgehead atoms. The lowest BCUT2D eigenvalue weighted by Gasteiger charge is -2.36. The summed E-state index contributed by atoms with van der Waals surface area (Å²) in [5.41, 5.74) is 0.454. The van der Waals surface area contributed by atoms with Crippen LogP contribution in [0.4, 0.5) is 0 Å². The van der Waals surface area contributed by atoms with Crippen LogP contribution in [0.5, 0.6) is 0 Å². The standard InChI is InChI=1S/C21H29NO5/c1-14(2)17-10-9-15(3)11-18(17)27-20(24)13-26-19(23)12-22-21(25)16-7-5-4-6-8-16/h4-8,14-15,17-18H,9-13H2,1-3H3,(H,22,25)/t15-,17-,18+/m1/s1. The van der Waals surface area contributed by atoms with Crippen LogP contribution < -0.4 is 5.32 Å². The number of hydrogen-bond acceptors (Lipinski definition) is 5. The van der Waals surface area contributed by atoms with Crippen LogP contribution >= 0.6 is 0 Å². The van der Waals surface area contributed by atoms with E-state index < -0.39 is 18.5 Å². The lowest BCUT2D eigenvalue weighted by molar-refractivity contribution is -0.166. The summed E-state index contributed by atoms with van der Waals surface area (Å²) in [6.07, 6.45) is 2.91. The highest BCUT2D eigenvalue weighted by Crippen LogP contribution is 2.35. The molecule has 0 radical (unpaired) electrons. The summed E-state index contributed by atoms with van der Waals surface area (Å²) in [6.45, 7) is 5.70.